The summed E-state index contributed by atoms with van der Waals surface area (Å²) in [5.74, 6) is -0.468. The van der Waals surface area contributed by atoms with Crippen molar-refractivity contribution in [2.45, 2.75) is 39.3 Å². The minimum atomic E-state index is -0.782. The summed E-state index contributed by atoms with van der Waals surface area (Å²) in [4.78, 5) is 12.4. The Kier molecular flexibility index (Phi) is 5.72. The van der Waals surface area contributed by atoms with Crippen LogP contribution in [0.4, 0.5) is 0 Å². The molecule has 0 radical (unpaired) electrons. The SMILES string of the molecule is Cc1cccc(C(NC=C(C#N)C#N)C(=O)OC(C)(C)C)c1. The first-order valence-electron chi connectivity index (χ1n) is 6.82. The first kappa shape index (κ1) is 17.3. The number of aryl methyl sites for hydroxylation is 1. The summed E-state index contributed by atoms with van der Waals surface area (Å²) in [7, 11) is 0. The van der Waals surface area contributed by atoms with E-state index in [2.05, 4.69) is 5.32 Å². The van der Waals surface area contributed by atoms with E-state index in [1.165, 1.54) is 6.20 Å². The van der Waals surface area contributed by atoms with E-state index in [1.54, 1.807) is 39.0 Å². The molecule has 0 heterocycles. The van der Waals surface area contributed by atoms with E-state index in [0.29, 0.717) is 5.56 Å². The van der Waals surface area contributed by atoms with Crippen LogP contribution in [0, 0.1) is 29.6 Å². The molecule has 0 aliphatic heterocycles. The fraction of sp³-hybridized carbons (Fsp3) is 0.353. The quantitative estimate of drug-likeness (QED) is 0.682. The van der Waals surface area contributed by atoms with Crippen LogP contribution < -0.4 is 5.32 Å². The number of benzene rings is 1. The van der Waals surface area contributed by atoms with Gasteiger partial charge < -0.3 is 10.1 Å². The van der Waals surface area contributed by atoms with Crippen LogP contribution in [-0.2, 0) is 9.53 Å². The number of ether oxygens (including phenoxy) is 1. The maximum atomic E-state index is 12.4. The Bertz CT molecular complexity index is 642. The lowest BCUT2D eigenvalue weighted by atomic mass is 10.0. The van der Waals surface area contributed by atoms with Gasteiger partial charge in [0.1, 0.15) is 23.3 Å². The summed E-state index contributed by atoms with van der Waals surface area (Å²) < 4.78 is 5.40. The van der Waals surface area contributed by atoms with Crippen LogP contribution in [0.5, 0.6) is 0 Å². The van der Waals surface area contributed by atoms with Crippen molar-refractivity contribution >= 4 is 5.97 Å². The second-order valence-corrected chi connectivity index (χ2v) is 5.83. The van der Waals surface area contributed by atoms with Crippen LogP contribution in [0.15, 0.2) is 36.0 Å². The first-order valence-corrected chi connectivity index (χ1v) is 6.82. The summed E-state index contributed by atoms with van der Waals surface area (Å²) in [6, 6.07) is 10.1. The fourth-order valence-electron chi connectivity index (χ4n) is 1.77. The Morgan fingerprint density at radius 2 is 1.95 bits per heavy atom. The van der Waals surface area contributed by atoms with Crippen molar-refractivity contribution in [2.75, 3.05) is 0 Å². The summed E-state index contributed by atoms with van der Waals surface area (Å²) in [6.45, 7) is 7.26. The zero-order valence-corrected chi connectivity index (χ0v) is 13.2. The van der Waals surface area contributed by atoms with Crippen molar-refractivity contribution in [3.8, 4) is 12.1 Å². The maximum Gasteiger partial charge on any atom is 0.333 e. The molecular formula is C17H19N3O2. The number of nitrogens with one attached hydrogen (secondary N) is 1. The molecule has 0 aromatic heterocycles. The molecule has 5 nitrogen and oxygen atoms in total. The maximum absolute atomic E-state index is 12.4. The third kappa shape index (κ3) is 5.30. The Labute approximate surface area is 130 Å². The van der Waals surface area contributed by atoms with Crippen LogP contribution in [-0.4, -0.2) is 11.6 Å². The molecule has 0 saturated carbocycles. The van der Waals surface area contributed by atoms with E-state index in [9.17, 15) is 4.79 Å². The third-order valence-corrected chi connectivity index (χ3v) is 2.65. The predicted octanol–water partition coefficient (Wildman–Crippen LogP) is 2.90. The highest BCUT2D eigenvalue weighted by molar-refractivity contribution is 5.78. The summed E-state index contributed by atoms with van der Waals surface area (Å²) in [5.41, 5.74) is 0.970. The van der Waals surface area contributed by atoms with Gasteiger partial charge in [0.05, 0.1) is 0 Å². The van der Waals surface area contributed by atoms with Gasteiger partial charge in [-0.25, -0.2) is 4.79 Å². The van der Waals surface area contributed by atoms with Gasteiger partial charge in [0.25, 0.3) is 0 Å². The molecule has 1 aromatic rings. The monoisotopic (exact) mass is 297 g/mol. The topological polar surface area (TPSA) is 85.9 Å². The number of carbonyl (C=O) groups excluding carboxylic acids is 1. The highest BCUT2D eigenvalue weighted by Gasteiger charge is 2.26. The van der Waals surface area contributed by atoms with Gasteiger partial charge in [-0.05, 0) is 33.3 Å². The molecule has 0 aliphatic carbocycles. The lowest BCUT2D eigenvalue weighted by molar-refractivity contribution is -0.157. The number of hydrogen-bond acceptors (Lipinski definition) is 5. The molecule has 1 N–H and O–H groups in total. The second kappa shape index (κ2) is 7.28. The molecular weight excluding hydrogens is 278 g/mol. The molecule has 114 valence electrons. The minimum Gasteiger partial charge on any atom is -0.458 e. The largest absolute Gasteiger partial charge is 0.458 e. The summed E-state index contributed by atoms with van der Waals surface area (Å²) >= 11 is 0. The van der Waals surface area contributed by atoms with Crippen LogP contribution >= 0.6 is 0 Å². The number of carbonyl (C=O) groups is 1. The van der Waals surface area contributed by atoms with Crippen LogP contribution in [0.25, 0.3) is 0 Å². The normalized spacial score (nSPS) is 11.5. The molecule has 22 heavy (non-hydrogen) atoms. The molecule has 1 atom stereocenters. The van der Waals surface area contributed by atoms with Gasteiger partial charge in [-0.3, -0.25) is 0 Å². The number of allylic oxidation sites excluding steroid dienone is 1. The van der Waals surface area contributed by atoms with E-state index in [1.807, 2.05) is 25.1 Å². The molecule has 5 heteroatoms. The van der Waals surface area contributed by atoms with Crippen LogP contribution in [0.1, 0.15) is 37.9 Å². The molecule has 0 bridgehead atoms. The van der Waals surface area contributed by atoms with E-state index >= 15 is 0 Å². The smallest absolute Gasteiger partial charge is 0.333 e. The number of hydrogen-bond donors (Lipinski definition) is 1. The molecule has 0 amide bonds. The Morgan fingerprint density at radius 1 is 1.32 bits per heavy atom. The summed E-state index contributed by atoms with van der Waals surface area (Å²) in [6.07, 6.45) is 1.23. The average Bonchev–Trinajstić information content (AvgIpc) is 2.41. The van der Waals surface area contributed by atoms with E-state index in [4.69, 9.17) is 15.3 Å². The van der Waals surface area contributed by atoms with Crippen molar-refractivity contribution in [3.63, 3.8) is 0 Å². The zero-order valence-electron chi connectivity index (χ0n) is 13.2. The van der Waals surface area contributed by atoms with E-state index in [0.717, 1.165) is 5.56 Å². The van der Waals surface area contributed by atoms with Crippen LogP contribution in [0.3, 0.4) is 0 Å². The van der Waals surface area contributed by atoms with E-state index < -0.39 is 17.6 Å². The molecule has 0 saturated heterocycles. The number of rotatable bonds is 4. The Morgan fingerprint density at radius 3 is 2.45 bits per heavy atom. The van der Waals surface area contributed by atoms with Gasteiger partial charge in [0.2, 0.25) is 0 Å². The van der Waals surface area contributed by atoms with Gasteiger partial charge >= 0.3 is 5.97 Å². The lowest BCUT2D eigenvalue weighted by Gasteiger charge is -2.24. The second-order valence-electron chi connectivity index (χ2n) is 5.83. The van der Waals surface area contributed by atoms with Gasteiger partial charge in [0.15, 0.2) is 6.04 Å². The van der Waals surface area contributed by atoms with E-state index in [-0.39, 0.29) is 5.57 Å². The third-order valence-electron chi connectivity index (χ3n) is 2.65. The highest BCUT2D eigenvalue weighted by Crippen LogP contribution is 2.20. The molecule has 0 aliphatic rings. The van der Waals surface area contributed by atoms with Crippen molar-refractivity contribution in [1.82, 2.24) is 5.32 Å². The molecule has 1 rings (SSSR count). The van der Waals surface area contributed by atoms with Crippen molar-refractivity contribution < 1.29 is 9.53 Å². The fourth-order valence-corrected chi connectivity index (χ4v) is 1.77. The average molecular weight is 297 g/mol. The summed E-state index contributed by atoms with van der Waals surface area (Å²) in [5, 5.41) is 20.4. The van der Waals surface area contributed by atoms with Gasteiger partial charge in [-0.2, -0.15) is 10.5 Å². The Balaban J connectivity index is 3.11. The molecule has 0 spiro atoms. The standard InChI is InChI=1S/C17H19N3O2/c1-12-6-5-7-14(8-12)15(16(21)22-17(2,3)4)20-11-13(9-18)10-19/h5-8,11,15,20H,1-4H3. The zero-order chi connectivity index (χ0) is 16.8. The van der Waals surface area contributed by atoms with Crippen molar-refractivity contribution in [3.05, 3.63) is 47.2 Å². The number of nitrogens with zero attached hydrogens (tertiary/aromatic N) is 2. The van der Waals surface area contributed by atoms with Crippen molar-refractivity contribution in [1.29, 1.82) is 10.5 Å². The number of nitriles is 2. The van der Waals surface area contributed by atoms with Crippen LogP contribution in [0.2, 0.25) is 0 Å². The number of esters is 1. The minimum absolute atomic E-state index is 0.110. The highest BCUT2D eigenvalue weighted by atomic mass is 16.6. The van der Waals surface area contributed by atoms with Gasteiger partial charge in [0, 0.05) is 6.20 Å². The lowest BCUT2D eigenvalue weighted by Crippen LogP contribution is -2.33. The van der Waals surface area contributed by atoms with Gasteiger partial charge in [-0.1, -0.05) is 29.8 Å². The molecule has 1 unspecified atom stereocenters. The first-order chi connectivity index (χ1) is 10.3. The predicted molar refractivity (Wildman–Crippen MR) is 82.2 cm³/mol. The van der Waals surface area contributed by atoms with Gasteiger partial charge in [-0.15, -0.1) is 0 Å². The molecule has 1 aromatic carbocycles. The Hall–Kier alpha value is -2.79. The molecule has 0 fully saturated rings. The van der Waals surface area contributed by atoms with Crippen molar-refractivity contribution in [2.24, 2.45) is 0 Å².